The number of aromatic nitrogens is 3. The molecule has 2 aliphatic heterocycles. The van der Waals surface area contributed by atoms with Crippen LogP contribution in [0.1, 0.15) is 11.3 Å². The molecule has 7 nitrogen and oxygen atoms in total. The van der Waals surface area contributed by atoms with Crippen LogP contribution in [-0.4, -0.2) is 58.1 Å². The van der Waals surface area contributed by atoms with Gasteiger partial charge in [0.25, 0.3) is 5.56 Å². The van der Waals surface area contributed by atoms with Crippen molar-refractivity contribution >= 4 is 28.5 Å². The van der Waals surface area contributed by atoms with Crippen molar-refractivity contribution in [2.24, 2.45) is 0 Å². The maximum absolute atomic E-state index is 13.4. The quantitative estimate of drug-likeness (QED) is 0.606. The molecule has 0 N–H and O–H groups in total. The number of nitrogens with zero attached hydrogens (tertiary/aromatic N) is 5. The zero-order chi connectivity index (χ0) is 20.0. The lowest BCUT2D eigenvalue weighted by molar-refractivity contribution is 0.259. The Hall–Kier alpha value is -2.39. The molecule has 0 aliphatic carbocycles. The van der Waals surface area contributed by atoms with Gasteiger partial charge in [-0.3, -0.25) is 14.3 Å². The first-order valence-electron chi connectivity index (χ1n) is 9.85. The maximum atomic E-state index is 13.4. The van der Waals surface area contributed by atoms with E-state index in [1.807, 2.05) is 11.5 Å². The minimum Gasteiger partial charge on any atom is -0.354 e. The van der Waals surface area contributed by atoms with Crippen LogP contribution >= 0.6 is 11.8 Å². The van der Waals surface area contributed by atoms with E-state index >= 15 is 0 Å². The minimum absolute atomic E-state index is 0.123. The number of fused-ring (bicyclic) bond motifs is 2. The van der Waals surface area contributed by atoms with Gasteiger partial charge in [0.05, 0.1) is 5.39 Å². The second kappa shape index (κ2) is 7.46. The van der Waals surface area contributed by atoms with Gasteiger partial charge in [0.1, 0.15) is 5.82 Å². The van der Waals surface area contributed by atoms with Crippen molar-refractivity contribution in [1.29, 1.82) is 0 Å². The fourth-order valence-corrected chi connectivity index (χ4v) is 5.07. The molecule has 2 aliphatic rings. The lowest BCUT2D eigenvalue weighted by Crippen LogP contribution is -2.47. The Morgan fingerprint density at radius 2 is 2.03 bits per heavy atom. The summed E-state index contributed by atoms with van der Waals surface area (Å²) in [6, 6.07) is 4.52. The van der Waals surface area contributed by atoms with Gasteiger partial charge in [-0.15, -0.1) is 0 Å². The van der Waals surface area contributed by atoms with E-state index in [-0.39, 0.29) is 11.4 Å². The molecule has 0 amide bonds. The van der Waals surface area contributed by atoms with E-state index < -0.39 is 0 Å². The van der Waals surface area contributed by atoms with Crippen molar-refractivity contribution in [2.75, 3.05) is 43.4 Å². The average Bonchev–Trinajstić information content (AvgIpc) is 3.35. The van der Waals surface area contributed by atoms with E-state index in [1.165, 1.54) is 12.1 Å². The van der Waals surface area contributed by atoms with Crippen molar-refractivity contribution in [3.8, 4) is 0 Å². The average molecular weight is 415 g/mol. The smallest absolute Gasteiger partial charge is 0.257 e. The van der Waals surface area contributed by atoms with Gasteiger partial charge in [-0.05, 0) is 25.5 Å². The highest BCUT2D eigenvalue weighted by Gasteiger charge is 2.23. The molecule has 0 bridgehead atoms. The first kappa shape index (κ1) is 18.6. The summed E-state index contributed by atoms with van der Waals surface area (Å²) in [7, 11) is 0. The van der Waals surface area contributed by atoms with Gasteiger partial charge in [0, 0.05) is 62.3 Å². The summed E-state index contributed by atoms with van der Waals surface area (Å²) >= 11 is 1.65. The van der Waals surface area contributed by atoms with Crippen LogP contribution in [0.2, 0.25) is 0 Å². The summed E-state index contributed by atoms with van der Waals surface area (Å²) in [5.74, 6) is 1.38. The molecular weight excluding hydrogens is 393 g/mol. The highest BCUT2D eigenvalue weighted by Crippen LogP contribution is 2.27. The molecule has 4 heterocycles. The Balaban J connectivity index is 1.23. The Morgan fingerprint density at radius 3 is 2.86 bits per heavy atom. The predicted octanol–water partition coefficient (Wildman–Crippen LogP) is 2.30. The van der Waals surface area contributed by atoms with Gasteiger partial charge in [0.2, 0.25) is 0 Å². The number of anilines is 1. The number of benzene rings is 1. The van der Waals surface area contributed by atoms with Crippen molar-refractivity contribution in [2.45, 2.75) is 25.0 Å². The van der Waals surface area contributed by atoms with E-state index in [9.17, 15) is 9.18 Å². The molecule has 152 valence electrons. The molecule has 3 aromatic rings. The van der Waals surface area contributed by atoms with Gasteiger partial charge < -0.3 is 9.42 Å². The normalized spacial score (nSPS) is 17.2. The van der Waals surface area contributed by atoms with Gasteiger partial charge in [-0.2, -0.15) is 0 Å². The lowest BCUT2D eigenvalue weighted by Gasteiger charge is -2.34. The van der Waals surface area contributed by atoms with Crippen LogP contribution < -0.4 is 10.5 Å². The zero-order valence-electron chi connectivity index (χ0n) is 16.2. The van der Waals surface area contributed by atoms with Gasteiger partial charge in [0.15, 0.2) is 16.6 Å². The Labute approximate surface area is 171 Å². The number of rotatable bonds is 4. The van der Waals surface area contributed by atoms with Crippen LogP contribution in [0.15, 0.2) is 32.7 Å². The number of hydrogen-bond acceptors (Lipinski definition) is 7. The lowest BCUT2D eigenvalue weighted by atomic mass is 10.1. The van der Waals surface area contributed by atoms with Crippen molar-refractivity contribution in [1.82, 2.24) is 19.6 Å². The monoisotopic (exact) mass is 415 g/mol. The Morgan fingerprint density at radius 1 is 1.21 bits per heavy atom. The number of piperazine rings is 1. The third kappa shape index (κ3) is 3.42. The molecule has 9 heteroatoms. The first-order valence-corrected chi connectivity index (χ1v) is 10.8. The zero-order valence-corrected chi connectivity index (χ0v) is 17.0. The fourth-order valence-electron chi connectivity index (χ4n) is 4.08. The van der Waals surface area contributed by atoms with E-state index in [2.05, 4.69) is 19.9 Å². The molecule has 5 rings (SSSR count). The van der Waals surface area contributed by atoms with Crippen molar-refractivity contribution in [3.05, 3.63) is 45.6 Å². The molecule has 0 atom stereocenters. The van der Waals surface area contributed by atoms with Crippen LogP contribution in [0.3, 0.4) is 0 Å². The maximum Gasteiger partial charge on any atom is 0.257 e. The molecule has 0 spiro atoms. The van der Waals surface area contributed by atoms with Crippen LogP contribution in [0.4, 0.5) is 10.2 Å². The molecule has 29 heavy (non-hydrogen) atoms. The van der Waals surface area contributed by atoms with Gasteiger partial charge >= 0.3 is 0 Å². The highest BCUT2D eigenvalue weighted by atomic mass is 32.2. The van der Waals surface area contributed by atoms with Crippen LogP contribution in [-0.2, 0) is 13.0 Å². The van der Waals surface area contributed by atoms with Crippen LogP contribution in [0.25, 0.3) is 11.0 Å². The molecule has 1 fully saturated rings. The Bertz CT molecular complexity index is 1120. The molecule has 1 saturated heterocycles. The minimum atomic E-state index is -0.323. The van der Waals surface area contributed by atoms with Crippen LogP contribution in [0.5, 0.6) is 0 Å². The van der Waals surface area contributed by atoms with Gasteiger partial charge in [-0.1, -0.05) is 16.9 Å². The molecule has 0 radical (unpaired) electrons. The third-order valence-corrected chi connectivity index (χ3v) is 6.70. The second-order valence-corrected chi connectivity index (χ2v) is 8.55. The van der Waals surface area contributed by atoms with E-state index in [0.717, 1.165) is 79.1 Å². The molecule has 2 aromatic heterocycles. The van der Waals surface area contributed by atoms with E-state index in [0.29, 0.717) is 5.58 Å². The van der Waals surface area contributed by atoms with Gasteiger partial charge in [-0.25, -0.2) is 9.37 Å². The predicted molar refractivity (Wildman–Crippen MR) is 110 cm³/mol. The summed E-state index contributed by atoms with van der Waals surface area (Å²) in [6.07, 6.45) is 0.717. The van der Waals surface area contributed by atoms with E-state index in [1.54, 1.807) is 17.8 Å². The standard InChI is InChI=1S/C20H22FN5O2S/c1-13-15(19(27)26-10-11-29-20(26)22-13)4-5-24-6-8-25(9-7-24)18-16-3-2-14(21)12-17(16)28-23-18/h2-3,12H,4-11H2,1H3. The van der Waals surface area contributed by atoms with Crippen molar-refractivity contribution in [3.63, 3.8) is 0 Å². The summed E-state index contributed by atoms with van der Waals surface area (Å²) in [4.78, 5) is 21.9. The Kier molecular flexibility index (Phi) is 4.79. The van der Waals surface area contributed by atoms with Crippen molar-refractivity contribution < 1.29 is 8.91 Å². The first-order chi connectivity index (χ1) is 14.1. The topological polar surface area (TPSA) is 67.4 Å². The van der Waals surface area contributed by atoms with Crippen LogP contribution in [0, 0.1) is 12.7 Å². The summed E-state index contributed by atoms with van der Waals surface area (Å²) in [5, 5.41) is 5.84. The largest absolute Gasteiger partial charge is 0.354 e. The highest BCUT2D eigenvalue weighted by molar-refractivity contribution is 7.99. The fraction of sp³-hybridized carbons (Fsp3) is 0.450. The third-order valence-electron chi connectivity index (χ3n) is 5.75. The van der Waals surface area contributed by atoms with E-state index in [4.69, 9.17) is 4.52 Å². The summed E-state index contributed by atoms with van der Waals surface area (Å²) in [5.41, 5.74) is 2.29. The molecule has 0 unspecified atom stereocenters. The SMILES string of the molecule is Cc1nc2n(c(=O)c1CCN1CCN(c3noc4cc(F)ccc34)CC1)CCS2. The molecular formula is C20H22FN5O2S. The number of aryl methyl sites for hydroxylation is 1. The number of hydrogen-bond donors (Lipinski definition) is 0. The summed E-state index contributed by atoms with van der Waals surface area (Å²) < 4.78 is 20.5. The second-order valence-electron chi connectivity index (χ2n) is 7.49. The number of halogens is 1. The molecule has 1 aromatic carbocycles. The number of thioether (sulfide) groups is 1. The summed E-state index contributed by atoms with van der Waals surface area (Å²) in [6.45, 7) is 6.92. The molecule has 0 saturated carbocycles.